The first-order valence-corrected chi connectivity index (χ1v) is 6.59. The second kappa shape index (κ2) is 4.53. The lowest BCUT2D eigenvalue weighted by Crippen LogP contribution is -2.31. The molecular formula is C15H18N4. The van der Waals surface area contributed by atoms with Crippen molar-refractivity contribution in [2.24, 2.45) is 5.92 Å². The molecule has 0 bridgehead atoms. The number of para-hydroxylation sites is 1. The molecule has 0 aliphatic carbocycles. The fourth-order valence-corrected chi connectivity index (χ4v) is 2.72. The van der Waals surface area contributed by atoms with Gasteiger partial charge in [0.1, 0.15) is 5.82 Å². The number of hydrogen-bond acceptors (Lipinski definition) is 4. The number of nitrogens with two attached hydrogens (primary N) is 1. The van der Waals surface area contributed by atoms with E-state index in [1.54, 1.807) is 6.20 Å². The van der Waals surface area contributed by atoms with Gasteiger partial charge in [-0.15, -0.1) is 0 Å². The summed E-state index contributed by atoms with van der Waals surface area (Å²) in [6, 6.07) is 8.51. The fourth-order valence-electron chi connectivity index (χ4n) is 2.72. The topological polar surface area (TPSA) is 55.0 Å². The normalized spacial score (nSPS) is 18.2. The molecule has 1 atom stereocenters. The molecule has 0 saturated heterocycles. The van der Waals surface area contributed by atoms with Crippen LogP contribution in [0.15, 0.2) is 30.5 Å². The van der Waals surface area contributed by atoms with Gasteiger partial charge in [0.2, 0.25) is 5.95 Å². The first-order valence-electron chi connectivity index (χ1n) is 6.59. The summed E-state index contributed by atoms with van der Waals surface area (Å²) in [4.78, 5) is 10.7. The Morgan fingerprint density at radius 2 is 2.11 bits per heavy atom. The molecule has 2 heterocycles. The number of nitrogens with zero attached hydrogens (tertiary/aromatic N) is 3. The maximum atomic E-state index is 5.74. The van der Waals surface area contributed by atoms with E-state index < -0.39 is 0 Å². The number of hydrogen-bond donors (Lipinski definition) is 1. The monoisotopic (exact) mass is 254 g/mol. The highest BCUT2D eigenvalue weighted by Crippen LogP contribution is 2.35. The van der Waals surface area contributed by atoms with E-state index >= 15 is 0 Å². The van der Waals surface area contributed by atoms with Gasteiger partial charge in [-0.2, -0.15) is 4.98 Å². The summed E-state index contributed by atoms with van der Waals surface area (Å²) >= 11 is 0. The minimum absolute atomic E-state index is 0.330. The van der Waals surface area contributed by atoms with Gasteiger partial charge >= 0.3 is 0 Å². The average molecular weight is 254 g/mol. The molecule has 1 aliphatic rings. The van der Waals surface area contributed by atoms with Gasteiger partial charge in [-0.25, -0.2) is 4.98 Å². The smallest absolute Gasteiger partial charge is 0.221 e. The summed E-state index contributed by atoms with van der Waals surface area (Å²) in [6.45, 7) is 5.26. The number of aromatic nitrogens is 2. The van der Waals surface area contributed by atoms with Gasteiger partial charge < -0.3 is 10.6 Å². The third-order valence-corrected chi connectivity index (χ3v) is 3.56. The van der Waals surface area contributed by atoms with Crippen molar-refractivity contribution in [3.8, 4) is 0 Å². The van der Waals surface area contributed by atoms with Crippen LogP contribution in [0.2, 0.25) is 0 Å². The minimum atomic E-state index is 0.330. The fraction of sp³-hybridized carbons (Fsp3) is 0.333. The molecule has 1 aromatic heterocycles. The van der Waals surface area contributed by atoms with Crippen LogP contribution in [0.25, 0.3) is 0 Å². The number of benzene rings is 1. The lowest BCUT2D eigenvalue weighted by Gasteiger charge is -2.34. The van der Waals surface area contributed by atoms with Crippen LogP contribution < -0.4 is 10.6 Å². The van der Waals surface area contributed by atoms with E-state index in [1.807, 2.05) is 6.92 Å². The molecule has 0 saturated carbocycles. The first kappa shape index (κ1) is 12.0. The standard InChI is InChI=1S/C15H18N4/c1-10-7-12-5-3-4-6-13(12)19(9-10)14-11(2)8-17-15(16)18-14/h3-6,8,10H,7,9H2,1-2H3,(H2,16,17,18). The Kier molecular flexibility index (Phi) is 2.85. The SMILES string of the molecule is Cc1cnc(N)nc1N1CC(C)Cc2ccccc21. The molecule has 98 valence electrons. The summed E-state index contributed by atoms with van der Waals surface area (Å²) in [6.07, 6.45) is 2.91. The maximum absolute atomic E-state index is 5.74. The Labute approximate surface area is 113 Å². The van der Waals surface area contributed by atoms with E-state index in [9.17, 15) is 0 Å². The lowest BCUT2D eigenvalue weighted by molar-refractivity contribution is 0.559. The zero-order chi connectivity index (χ0) is 13.4. The van der Waals surface area contributed by atoms with Crippen LogP contribution >= 0.6 is 0 Å². The van der Waals surface area contributed by atoms with Crippen LogP contribution in [0.5, 0.6) is 0 Å². The molecule has 0 spiro atoms. The van der Waals surface area contributed by atoms with Crippen molar-refractivity contribution >= 4 is 17.5 Å². The molecular weight excluding hydrogens is 236 g/mol. The maximum Gasteiger partial charge on any atom is 0.221 e. The molecule has 4 nitrogen and oxygen atoms in total. The van der Waals surface area contributed by atoms with Gasteiger partial charge in [0.15, 0.2) is 0 Å². The van der Waals surface area contributed by atoms with Crippen molar-refractivity contribution in [3.05, 3.63) is 41.6 Å². The summed E-state index contributed by atoms with van der Waals surface area (Å²) in [5.41, 5.74) is 9.40. The Morgan fingerprint density at radius 3 is 2.95 bits per heavy atom. The van der Waals surface area contributed by atoms with E-state index in [-0.39, 0.29) is 0 Å². The predicted molar refractivity (Wildman–Crippen MR) is 77.5 cm³/mol. The zero-order valence-electron chi connectivity index (χ0n) is 11.3. The van der Waals surface area contributed by atoms with E-state index in [2.05, 4.69) is 46.1 Å². The van der Waals surface area contributed by atoms with Crippen LogP contribution in [-0.2, 0) is 6.42 Å². The van der Waals surface area contributed by atoms with Crippen LogP contribution in [0.4, 0.5) is 17.5 Å². The Hall–Kier alpha value is -2.10. The third kappa shape index (κ3) is 2.14. The number of nitrogen functional groups attached to an aromatic ring is 1. The summed E-state index contributed by atoms with van der Waals surface area (Å²) in [5, 5.41) is 0. The van der Waals surface area contributed by atoms with Gasteiger partial charge in [0.25, 0.3) is 0 Å². The molecule has 3 rings (SSSR count). The van der Waals surface area contributed by atoms with Crippen molar-refractivity contribution in [1.82, 2.24) is 9.97 Å². The third-order valence-electron chi connectivity index (χ3n) is 3.56. The minimum Gasteiger partial charge on any atom is -0.368 e. The van der Waals surface area contributed by atoms with Crippen molar-refractivity contribution < 1.29 is 0 Å². The van der Waals surface area contributed by atoms with Crippen molar-refractivity contribution in [1.29, 1.82) is 0 Å². The average Bonchev–Trinajstić information content (AvgIpc) is 2.40. The Balaban J connectivity index is 2.12. The molecule has 1 aliphatic heterocycles. The molecule has 2 N–H and O–H groups in total. The second-order valence-corrected chi connectivity index (χ2v) is 5.28. The number of fused-ring (bicyclic) bond motifs is 1. The lowest BCUT2D eigenvalue weighted by atomic mass is 9.94. The van der Waals surface area contributed by atoms with E-state index in [0.29, 0.717) is 11.9 Å². The summed E-state index contributed by atoms with van der Waals surface area (Å²) in [5.74, 6) is 1.85. The van der Waals surface area contributed by atoms with Gasteiger partial charge in [-0.1, -0.05) is 25.1 Å². The van der Waals surface area contributed by atoms with Gasteiger partial charge in [-0.05, 0) is 30.9 Å². The number of anilines is 3. The van der Waals surface area contributed by atoms with Gasteiger partial charge in [0, 0.05) is 24.0 Å². The quantitative estimate of drug-likeness (QED) is 0.850. The highest BCUT2D eigenvalue weighted by Gasteiger charge is 2.24. The molecule has 19 heavy (non-hydrogen) atoms. The van der Waals surface area contributed by atoms with Crippen molar-refractivity contribution in [2.45, 2.75) is 20.3 Å². The van der Waals surface area contributed by atoms with Crippen LogP contribution in [0, 0.1) is 12.8 Å². The highest BCUT2D eigenvalue weighted by atomic mass is 15.2. The molecule has 1 unspecified atom stereocenters. The van der Waals surface area contributed by atoms with Crippen LogP contribution in [0.3, 0.4) is 0 Å². The molecule has 2 aromatic rings. The molecule has 0 fully saturated rings. The first-order chi connectivity index (χ1) is 9.15. The number of aryl methyl sites for hydroxylation is 1. The Bertz CT molecular complexity index is 609. The largest absolute Gasteiger partial charge is 0.368 e. The highest BCUT2D eigenvalue weighted by molar-refractivity contribution is 5.67. The summed E-state index contributed by atoms with van der Waals surface area (Å²) < 4.78 is 0. The molecule has 0 radical (unpaired) electrons. The van der Waals surface area contributed by atoms with Gasteiger partial charge in [-0.3, -0.25) is 0 Å². The van der Waals surface area contributed by atoms with Crippen molar-refractivity contribution in [2.75, 3.05) is 17.2 Å². The second-order valence-electron chi connectivity index (χ2n) is 5.28. The summed E-state index contributed by atoms with van der Waals surface area (Å²) in [7, 11) is 0. The van der Waals surface area contributed by atoms with Crippen LogP contribution in [-0.4, -0.2) is 16.5 Å². The van der Waals surface area contributed by atoms with Gasteiger partial charge in [0.05, 0.1) is 0 Å². The molecule has 4 heteroatoms. The molecule has 0 amide bonds. The van der Waals surface area contributed by atoms with E-state index in [1.165, 1.54) is 11.3 Å². The predicted octanol–water partition coefficient (Wildman–Crippen LogP) is 2.70. The van der Waals surface area contributed by atoms with E-state index in [0.717, 1.165) is 24.3 Å². The zero-order valence-corrected chi connectivity index (χ0v) is 11.3. The van der Waals surface area contributed by atoms with Crippen LogP contribution in [0.1, 0.15) is 18.1 Å². The number of rotatable bonds is 1. The molecule has 1 aromatic carbocycles. The Morgan fingerprint density at radius 1 is 1.32 bits per heavy atom. The van der Waals surface area contributed by atoms with Crippen molar-refractivity contribution in [3.63, 3.8) is 0 Å². The van der Waals surface area contributed by atoms with E-state index in [4.69, 9.17) is 5.73 Å².